The standard InChI is InChI=1S/C10H23NO2/c1-5-7-12-8-9(11)10(3,4)13-6-2/h9H,5-8,11H2,1-4H3. The summed E-state index contributed by atoms with van der Waals surface area (Å²) in [6.07, 6.45) is 1.03. The normalized spacial score (nSPS) is 14.5. The summed E-state index contributed by atoms with van der Waals surface area (Å²) in [5.74, 6) is 0. The number of nitrogens with two attached hydrogens (primary N) is 1. The Morgan fingerprint density at radius 1 is 1.31 bits per heavy atom. The maximum Gasteiger partial charge on any atom is 0.0799 e. The predicted molar refractivity (Wildman–Crippen MR) is 54.8 cm³/mol. The number of hydrogen-bond donors (Lipinski definition) is 1. The smallest absolute Gasteiger partial charge is 0.0799 e. The Morgan fingerprint density at radius 3 is 2.38 bits per heavy atom. The summed E-state index contributed by atoms with van der Waals surface area (Å²) in [5.41, 5.74) is 5.64. The molecule has 0 aliphatic carbocycles. The molecule has 0 saturated heterocycles. The fourth-order valence-electron chi connectivity index (χ4n) is 1.03. The summed E-state index contributed by atoms with van der Waals surface area (Å²) in [6.45, 7) is 10.1. The molecule has 1 atom stereocenters. The molecule has 13 heavy (non-hydrogen) atoms. The second kappa shape index (κ2) is 6.35. The maximum atomic E-state index is 5.93. The van der Waals surface area contributed by atoms with Gasteiger partial charge in [-0.25, -0.2) is 0 Å². The van der Waals surface area contributed by atoms with Crippen LogP contribution in [0, 0.1) is 0 Å². The van der Waals surface area contributed by atoms with Crippen molar-refractivity contribution in [1.29, 1.82) is 0 Å². The molecule has 0 aromatic heterocycles. The summed E-state index contributed by atoms with van der Waals surface area (Å²) in [5, 5.41) is 0. The van der Waals surface area contributed by atoms with Crippen molar-refractivity contribution >= 4 is 0 Å². The lowest BCUT2D eigenvalue weighted by Gasteiger charge is -2.31. The van der Waals surface area contributed by atoms with E-state index < -0.39 is 0 Å². The van der Waals surface area contributed by atoms with Gasteiger partial charge in [0.15, 0.2) is 0 Å². The van der Waals surface area contributed by atoms with Gasteiger partial charge in [-0.05, 0) is 27.2 Å². The molecule has 0 spiro atoms. The molecule has 0 rings (SSSR count). The third kappa shape index (κ3) is 5.24. The van der Waals surface area contributed by atoms with E-state index in [1.54, 1.807) is 0 Å². The van der Waals surface area contributed by atoms with Crippen molar-refractivity contribution in [3.63, 3.8) is 0 Å². The second-order valence-corrected chi connectivity index (χ2v) is 3.72. The van der Waals surface area contributed by atoms with Gasteiger partial charge < -0.3 is 15.2 Å². The van der Waals surface area contributed by atoms with Crippen LogP contribution in [-0.2, 0) is 9.47 Å². The molecule has 0 aromatic rings. The number of rotatable bonds is 7. The van der Waals surface area contributed by atoms with E-state index in [-0.39, 0.29) is 11.6 Å². The zero-order valence-corrected chi connectivity index (χ0v) is 9.30. The van der Waals surface area contributed by atoms with E-state index in [1.165, 1.54) is 0 Å². The van der Waals surface area contributed by atoms with Crippen LogP contribution >= 0.6 is 0 Å². The summed E-state index contributed by atoms with van der Waals surface area (Å²) in [4.78, 5) is 0. The zero-order valence-electron chi connectivity index (χ0n) is 9.30. The zero-order chi connectivity index (χ0) is 10.3. The maximum absolute atomic E-state index is 5.93. The highest BCUT2D eigenvalue weighted by atomic mass is 16.5. The van der Waals surface area contributed by atoms with Crippen molar-refractivity contribution in [2.45, 2.75) is 45.8 Å². The SMILES string of the molecule is CCCOCC(N)C(C)(C)OCC. The largest absolute Gasteiger partial charge is 0.380 e. The van der Waals surface area contributed by atoms with E-state index >= 15 is 0 Å². The Hall–Kier alpha value is -0.120. The first-order valence-electron chi connectivity index (χ1n) is 5.01. The fourth-order valence-corrected chi connectivity index (χ4v) is 1.03. The van der Waals surface area contributed by atoms with Gasteiger partial charge in [-0.2, -0.15) is 0 Å². The Bertz CT molecular complexity index is 126. The Labute approximate surface area is 81.6 Å². The van der Waals surface area contributed by atoms with Gasteiger partial charge in [0.2, 0.25) is 0 Å². The summed E-state index contributed by atoms with van der Waals surface area (Å²) >= 11 is 0. The van der Waals surface area contributed by atoms with Crippen LogP contribution in [0.15, 0.2) is 0 Å². The van der Waals surface area contributed by atoms with E-state index in [0.29, 0.717) is 13.2 Å². The summed E-state index contributed by atoms with van der Waals surface area (Å²) < 4.78 is 10.9. The minimum atomic E-state index is -0.289. The predicted octanol–water partition coefficient (Wildman–Crippen LogP) is 1.56. The lowest BCUT2D eigenvalue weighted by molar-refractivity contribution is -0.0497. The van der Waals surface area contributed by atoms with Crippen LogP contribution in [0.3, 0.4) is 0 Å². The average Bonchev–Trinajstić information content (AvgIpc) is 2.04. The quantitative estimate of drug-likeness (QED) is 0.618. The lowest BCUT2D eigenvalue weighted by atomic mass is 10.0. The van der Waals surface area contributed by atoms with Gasteiger partial charge in [0.1, 0.15) is 0 Å². The minimum Gasteiger partial charge on any atom is -0.380 e. The molecule has 0 bridgehead atoms. The van der Waals surface area contributed by atoms with Crippen molar-refractivity contribution in [2.75, 3.05) is 19.8 Å². The van der Waals surface area contributed by atoms with Gasteiger partial charge in [0.25, 0.3) is 0 Å². The highest BCUT2D eigenvalue weighted by Gasteiger charge is 2.26. The fraction of sp³-hybridized carbons (Fsp3) is 1.00. The van der Waals surface area contributed by atoms with Gasteiger partial charge in [0.05, 0.1) is 18.2 Å². The Kier molecular flexibility index (Phi) is 6.29. The molecule has 0 fully saturated rings. The van der Waals surface area contributed by atoms with E-state index in [1.807, 2.05) is 20.8 Å². The van der Waals surface area contributed by atoms with Gasteiger partial charge in [-0.3, -0.25) is 0 Å². The van der Waals surface area contributed by atoms with Crippen LogP contribution in [0.2, 0.25) is 0 Å². The molecular weight excluding hydrogens is 166 g/mol. The van der Waals surface area contributed by atoms with Gasteiger partial charge in [-0.15, -0.1) is 0 Å². The monoisotopic (exact) mass is 189 g/mol. The highest BCUT2D eigenvalue weighted by Crippen LogP contribution is 2.13. The minimum absolute atomic E-state index is 0.0565. The topological polar surface area (TPSA) is 44.5 Å². The molecule has 3 nitrogen and oxygen atoms in total. The van der Waals surface area contributed by atoms with Crippen molar-refractivity contribution in [3.05, 3.63) is 0 Å². The van der Waals surface area contributed by atoms with Crippen molar-refractivity contribution in [3.8, 4) is 0 Å². The van der Waals surface area contributed by atoms with Gasteiger partial charge >= 0.3 is 0 Å². The molecule has 0 heterocycles. The Balaban J connectivity index is 3.72. The Morgan fingerprint density at radius 2 is 1.92 bits per heavy atom. The molecule has 0 aliphatic heterocycles. The molecular formula is C10H23NO2. The van der Waals surface area contributed by atoms with E-state index in [4.69, 9.17) is 15.2 Å². The van der Waals surface area contributed by atoms with Crippen LogP contribution in [-0.4, -0.2) is 31.5 Å². The molecule has 80 valence electrons. The third-order valence-electron chi connectivity index (χ3n) is 2.06. The van der Waals surface area contributed by atoms with Crippen molar-refractivity contribution in [1.82, 2.24) is 0 Å². The van der Waals surface area contributed by atoms with Crippen molar-refractivity contribution < 1.29 is 9.47 Å². The van der Waals surface area contributed by atoms with Crippen LogP contribution < -0.4 is 5.73 Å². The molecule has 0 saturated carbocycles. The molecule has 0 radical (unpaired) electrons. The van der Waals surface area contributed by atoms with Crippen LogP contribution in [0.25, 0.3) is 0 Å². The summed E-state index contributed by atoms with van der Waals surface area (Å²) in [6, 6.07) is -0.0565. The van der Waals surface area contributed by atoms with Gasteiger partial charge in [0, 0.05) is 13.2 Å². The number of ether oxygens (including phenoxy) is 2. The van der Waals surface area contributed by atoms with E-state index in [0.717, 1.165) is 13.0 Å². The van der Waals surface area contributed by atoms with E-state index in [9.17, 15) is 0 Å². The summed E-state index contributed by atoms with van der Waals surface area (Å²) in [7, 11) is 0. The van der Waals surface area contributed by atoms with Gasteiger partial charge in [-0.1, -0.05) is 6.92 Å². The average molecular weight is 189 g/mol. The second-order valence-electron chi connectivity index (χ2n) is 3.72. The molecule has 2 N–H and O–H groups in total. The lowest BCUT2D eigenvalue weighted by Crippen LogP contribution is -2.48. The van der Waals surface area contributed by atoms with Crippen molar-refractivity contribution in [2.24, 2.45) is 5.73 Å². The molecule has 0 aliphatic rings. The molecule has 0 amide bonds. The highest BCUT2D eigenvalue weighted by molar-refractivity contribution is 4.82. The first-order chi connectivity index (χ1) is 6.04. The van der Waals surface area contributed by atoms with Crippen LogP contribution in [0.5, 0.6) is 0 Å². The van der Waals surface area contributed by atoms with E-state index in [2.05, 4.69) is 6.92 Å². The molecule has 0 aromatic carbocycles. The molecule has 1 unspecified atom stereocenters. The van der Waals surface area contributed by atoms with Crippen LogP contribution in [0.4, 0.5) is 0 Å². The van der Waals surface area contributed by atoms with Crippen LogP contribution in [0.1, 0.15) is 34.1 Å². The molecule has 3 heteroatoms. The number of hydrogen-bond acceptors (Lipinski definition) is 3. The first-order valence-corrected chi connectivity index (χ1v) is 5.01. The first kappa shape index (κ1) is 12.9. The third-order valence-corrected chi connectivity index (χ3v) is 2.06.